The Balaban J connectivity index is 1.94. The zero-order chi connectivity index (χ0) is 21.8. The van der Waals surface area contributed by atoms with Gasteiger partial charge in [0, 0.05) is 47.4 Å². The number of hydrogen-bond donors (Lipinski definition) is 0. The number of aromatic nitrogens is 2. The highest BCUT2D eigenvalue weighted by atomic mass is 35.5. The van der Waals surface area contributed by atoms with Crippen molar-refractivity contribution < 1.29 is 8.42 Å². The lowest BCUT2D eigenvalue weighted by Crippen LogP contribution is -2.25. The van der Waals surface area contributed by atoms with Crippen LogP contribution in [0.15, 0.2) is 102 Å². The molecule has 0 saturated carbocycles. The van der Waals surface area contributed by atoms with Gasteiger partial charge in [0.15, 0.2) is 9.84 Å². The van der Waals surface area contributed by atoms with Gasteiger partial charge in [-0.2, -0.15) is 0 Å². The summed E-state index contributed by atoms with van der Waals surface area (Å²) < 4.78 is 23.9. The first-order chi connectivity index (χ1) is 14.9. The van der Waals surface area contributed by atoms with E-state index in [0.717, 1.165) is 22.5 Å². The fraction of sp³-hybridized carbons (Fsp3) is 0.0833. The van der Waals surface area contributed by atoms with E-state index in [1.165, 1.54) is 6.26 Å². The van der Waals surface area contributed by atoms with Crippen LogP contribution in [0.4, 0.5) is 11.4 Å². The molecule has 0 aliphatic carbocycles. The molecular formula is C24H20ClN3O2S. The normalized spacial score (nSPS) is 11.5. The fourth-order valence-electron chi connectivity index (χ4n) is 3.49. The van der Waals surface area contributed by atoms with Gasteiger partial charge in [-0.25, -0.2) is 8.42 Å². The molecule has 2 aromatic carbocycles. The SMILES string of the molecule is CS(=O)(=O)c1ccc(N(c2cccc(Cl)c2)C(c2cccnc2)c2cccnc2)cc1. The highest BCUT2D eigenvalue weighted by molar-refractivity contribution is 7.90. The Bertz CT molecular complexity index is 1230. The third-order valence-electron chi connectivity index (χ3n) is 4.89. The molecule has 0 unspecified atom stereocenters. The summed E-state index contributed by atoms with van der Waals surface area (Å²) in [6, 6.07) is 21.9. The van der Waals surface area contributed by atoms with Crippen LogP contribution in [0.2, 0.25) is 5.02 Å². The second-order valence-electron chi connectivity index (χ2n) is 7.09. The summed E-state index contributed by atoms with van der Waals surface area (Å²) in [7, 11) is -3.30. The van der Waals surface area contributed by atoms with E-state index in [-0.39, 0.29) is 10.9 Å². The third-order valence-corrected chi connectivity index (χ3v) is 6.25. The van der Waals surface area contributed by atoms with Crippen LogP contribution in [-0.2, 0) is 9.84 Å². The molecule has 31 heavy (non-hydrogen) atoms. The molecule has 5 nitrogen and oxygen atoms in total. The molecule has 0 aliphatic rings. The Hall–Kier alpha value is -3.22. The number of hydrogen-bond acceptors (Lipinski definition) is 5. The lowest BCUT2D eigenvalue weighted by molar-refractivity contribution is 0.602. The van der Waals surface area contributed by atoms with Crippen molar-refractivity contribution in [3.63, 3.8) is 0 Å². The molecule has 156 valence electrons. The van der Waals surface area contributed by atoms with E-state index in [4.69, 9.17) is 11.6 Å². The number of nitrogens with zero attached hydrogens (tertiary/aromatic N) is 3. The van der Waals surface area contributed by atoms with Gasteiger partial charge in [-0.3, -0.25) is 9.97 Å². The van der Waals surface area contributed by atoms with Crippen molar-refractivity contribution in [3.8, 4) is 0 Å². The molecule has 2 heterocycles. The van der Waals surface area contributed by atoms with Gasteiger partial charge in [0.25, 0.3) is 0 Å². The maximum Gasteiger partial charge on any atom is 0.175 e. The fourth-order valence-corrected chi connectivity index (χ4v) is 4.31. The summed E-state index contributed by atoms with van der Waals surface area (Å²) in [6.45, 7) is 0. The Kier molecular flexibility index (Phi) is 6.02. The number of anilines is 2. The zero-order valence-corrected chi connectivity index (χ0v) is 18.3. The first kappa shape index (κ1) is 21.0. The molecule has 0 fully saturated rings. The van der Waals surface area contributed by atoms with E-state index >= 15 is 0 Å². The number of pyridine rings is 2. The summed E-state index contributed by atoms with van der Waals surface area (Å²) in [6.07, 6.45) is 8.30. The van der Waals surface area contributed by atoms with Gasteiger partial charge >= 0.3 is 0 Å². The van der Waals surface area contributed by atoms with Crippen molar-refractivity contribution >= 4 is 32.8 Å². The number of sulfone groups is 1. The van der Waals surface area contributed by atoms with Crippen molar-refractivity contribution in [3.05, 3.63) is 114 Å². The van der Waals surface area contributed by atoms with Crippen LogP contribution in [0.25, 0.3) is 0 Å². The minimum absolute atomic E-state index is 0.259. The molecule has 2 aromatic heterocycles. The Morgan fingerprint density at radius 3 is 1.90 bits per heavy atom. The minimum Gasteiger partial charge on any atom is -0.330 e. The number of benzene rings is 2. The van der Waals surface area contributed by atoms with Gasteiger partial charge < -0.3 is 4.90 Å². The lowest BCUT2D eigenvalue weighted by Gasteiger charge is -2.34. The van der Waals surface area contributed by atoms with Crippen molar-refractivity contribution in [1.82, 2.24) is 9.97 Å². The highest BCUT2D eigenvalue weighted by Crippen LogP contribution is 2.39. The largest absolute Gasteiger partial charge is 0.330 e. The van der Waals surface area contributed by atoms with Gasteiger partial charge in [0.05, 0.1) is 10.9 Å². The van der Waals surface area contributed by atoms with Crippen molar-refractivity contribution in [2.24, 2.45) is 0 Å². The third kappa shape index (κ3) is 4.76. The Morgan fingerprint density at radius 1 is 0.806 bits per heavy atom. The molecule has 0 amide bonds. The van der Waals surface area contributed by atoms with Crippen molar-refractivity contribution in [2.75, 3.05) is 11.2 Å². The van der Waals surface area contributed by atoms with E-state index in [2.05, 4.69) is 14.9 Å². The lowest BCUT2D eigenvalue weighted by atomic mass is 9.98. The Morgan fingerprint density at radius 2 is 1.42 bits per heavy atom. The van der Waals surface area contributed by atoms with Gasteiger partial charge in [0.1, 0.15) is 0 Å². The van der Waals surface area contributed by atoms with Gasteiger partial charge in [-0.15, -0.1) is 0 Å². The van der Waals surface area contributed by atoms with Crippen LogP contribution < -0.4 is 4.90 Å². The summed E-state index contributed by atoms with van der Waals surface area (Å²) in [5.74, 6) is 0. The van der Waals surface area contributed by atoms with E-state index in [1.54, 1.807) is 36.7 Å². The maximum absolute atomic E-state index is 12.0. The van der Waals surface area contributed by atoms with E-state index in [0.29, 0.717) is 5.02 Å². The first-order valence-electron chi connectivity index (χ1n) is 9.58. The van der Waals surface area contributed by atoms with E-state index in [9.17, 15) is 8.42 Å². The molecular weight excluding hydrogens is 430 g/mol. The molecule has 4 aromatic rings. The summed E-state index contributed by atoms with van der Waals surface area (Å²) >= 11 is 6.33. The highest BCUT2D eigenvalue weighted by Gasteiger charge is 2.25. The van der Waals surface area contributed by atoms with Crippen LogP contribution in [0, 0.1) is 0 Å². The predicted molar refractivity (Wildman–Crippen MR) is 123 cm³/mol. The number of rotatable bonds is 6. The molecule has 0 N–H and O–H groups in total. The van der Waals surface area contributed by atoms with Crippen LogP contribution in [0.3, 0.4) is 0 Å². The predicted octanol–water partition coefficient (Wildman–Crippen LogP) is 5.46. The second-order valence-corrected chi connectivity index (χ2v) is 9.54. The molecule has 0 spiro atoms. The standard InChI is InChI=1S/C24H20ClN3O2S/c1-31(29,30)23-11-9-21(10-12-23)28(22-8-2-7-20(25)15-22)24(18-5-3-13-26-16-18)19-6-4-14-27-17-19/h2-17,24H,1H3. The summed E-state index contributed by atoms with van der Waals surface area (Å²) in [5.41, 5.74) is 3.59. The smallest absolute Gasteiger partial charge is 0.175 e. The Labute approximate surface area is 186 Å². The first-order valence-corrected chi connectivity index (χ1v) is 11.9. The molecule has 7 heteroatoms. The van der Waals surface area contributed by atoms with Crippen LogP contribution in [-0.4, -0.2) is 24.6 Å². The van der Waals surface area contributed by atoms with E-state index in [1.807, 2.05) is 60.9 Å². The van der Waals surface area contributed by atoms with Crippen LogP contribution in [0.5, 0.6) is 0 Å². The number of halogens is 1. The quantitative estimate of drug-likeness (QED) is 0.391. The van der Waals surface area contributed by atoms with Gasteiger partial charge in [-0.1, -0.05) is 29.8 Å². The molecule has 0 bridgehead atoms. The monoisotopic (exact) mass is 449 g/mol. The van der Waals surface area contributed by atoms with Gasteiger partial charge in [-0.05, 0) is 65.7 Å². The molecule has 0 saturated heterocycles. The average molecular weight is 450 g/mol. The molecule has 0 radical (unpaired) electrons. The van der Waals surface area contributed by atoms with Crippen molar-refractivity contribution in [2.45, 2.75) is 10.9 Å². The second kappa shape index (κ2) is 8.88. The summed E-state index contributed by atoms with van der Waals surface area (Å²) in [4.78, 5) is 11.0. The minimum atomic E-state index is -3.30. The van der Waals surface area contributed by atoms with Crippen LogP contribution >= 0.6 is 11.6 Å². The molecule has 0 atom stereocenters. The van der Waals surface area contributed by atoms with Gasteiger partial charge in [0.2, 0.25) is 0 Å². The van der Waals surface area contributed by atoms with Crippen LogP contribution in [0.1, 0.15) is 17.2 Å². The topological polar surface area (TPSA) is 63.2 Å². The molecule has 4 rings (SSSR count). The maximum atomic E-state index is 12.0. The zero-order valence-electron chi connectivity index (χ0n) is 16.8. The average Bonchev–Trinajstić information content (AvgIpc) is 2.78. The molecule has 0 aliphatic heterocycles. The summed E-state index contributed by atoms with van der Waals surface area (Å²) in [5, 5.41) is 0.603. The van der Waals surface area contributed by atoms with Crippen molar-refractivity contribution in [1.29, 1.82) is 0 Å². The van der Waals surface area contributed by atoms with E-state index < -0.39 is 9.84 Å².